The molecule has 1 rings (SSSR count). The molecule has 0 bridgehead atoms. The van der Waals surface area contributed by atoms with Crippen LogP contribution in [0.15, 0.2) is 18.2 Å². The van der Waals surface area contributed by atoms with Gasteiger partial charge in [-0.3, -0.25) is 0 Å². The highest BCUT2D eigenvalue weighted by molar-refractivity contribution is 6.31. The number of benzene rings is 1. The zero-order valence-electron chi connectivity index (χ0n) is 7.21. The minimum Gasteiger partial charge on any atom is -0.197 e. The quantitative estimate of drug-likeness (QED) is 0.604. The van der Waals surface area contributed by atoms with Crippen LogP contribution in [-0.4, -0.2) is 0 Å². The van der Waals surface area contributed by atoms with Crippen LogP contribution in [-0.2, 0) is 0 Å². The van der Waals surface area contributed by atoms with Gasteiger partial charge in [0.15, 0.2) is 0 Å². The van der Waals surface area contributed by atoms with Gasteiger partial charge in [0, 0.05) is 5.56 Å². The Morgan fingerprint density at radius 1 is 1.29 bits per heavy atom. The third kappa shape index (κ3) is 2.53. The maximum Gasteiger partial charge on any atom is 0.0992 e. The molecule has 0 aliphatic carbocycles. The summed E-state index contributed by atoms with van der Waals surface area (Å²) in [5.74, 6) is 5.37. The molecule has 0 heterocycles. The lowest BCUT2D eigenvalue weighted by Crippen LogP contribution is -1.80. The molecule has 0 atom stereocenters. The summed E-state index contributed by atoms with van der Waals surface area (Å²) in [5.41, 5.74) is 1.09. The van der Waals surface area contributed by atoms with Gasteiger partial charge in [-0.2, -0.15) is 10.5 Å². The van der Waals surface area contributed by atoms with Crippen LogP contribution in [0.25, 0.3) is 0 Å². The van der Waals surface area contributed by atoms with E-state index in [4.69, 9.17) is 22.1 Å². The summed E-state index contributed by atoms with van der Waals surface area (Å²) in [6, 6.07) is 8.75. The molecule has 3 heteroatoms. The average Bonchev–Trinajstić information content (AvgIpc) is 2.21. The number of hydrogen-bond acceptors (Lipinski definition) is 2. The lowest BCUT2D eigenvalue weighted by atomic mass is 10.1. The van der Waals surface area contributed by atoms with Gasteiger partial charge in [0.1, 0.15) is 0 Å². The second kappa shape index (κ2) is 4.93. The van der Waals surface area contributed by atoms with E-state index in [1.54, 1.807) is 18.2 Å². The van der Waals surface area contributed by atoms with Crippen LogP contribution in [0.2, 0.25) is 5.02 Å². The summed E-state index contributed by atoms with van der Waals surface area (Å²) < 4.78 is 0. The van der Waals surface area contributed by atoms with Crippen molar-refractivity contribution in [3.63, 3.8) is 0 Å². The van der Waals surface area contributed by atoms with Crippen molar-refractivity contribution in [1.29, 1.82) is 10.5 Å². The number of halogens is 1. The molecule has 14 heavy (non-hydrogen) atoms. The Kier molecular flexibility index (Phi) is 3.57. The van der Waals surface area contributed by atoms with Gasteiger partial charge in [0.25, 0.3) is 0 Å². The van der Waals surface area contributed by atoms with Gasteiger partial charge in [-0.25, -0.2) is 0 Å². The lowest BCUT2D eigenvalue weighted by molar-refractivity contribution is 1.39. The van der Waals surface area contributed by atoms with Crippen LogP contribution in [0.1, 0.15) is 17.5 Å². The molecule has 0 saturated heterocycles. The average molecular weight is 201 g/mol. The second-order valence-corrected chi connectivity index (χ2v) is 2.85. The first kappa shape index (κ1) is 10.1. The molecule has 0 aromatic heterocycles. The third-order valence-electron chi connectivity index (χ3n) is 1.49. The standard InChI is InChI=1S/C11H5ClN2/c12-11-5-4-9(8-14)7-10(11)3-1-2-6-13/h4-5,7H,2H2. The van der Waals surface area contributed by atoms with Gasteiger partial charge >= 0.3 is 0 Å². The van der Waals surface area contributed by atoms with Gasteiger partial charge in [0.05, 0.1) is 29.1 Å². The van der Waals surface area contributed by atoms with E-state index >= 15 is 0 Å². The molecule has 0 spiro atoms. The number of rotatable bonds is 0. The summed E-state index contributed by atoms with van der Waals surface area (Å²) in [7, 11) is 0. The predicted molar refractivity (Wildman–Crippen MR) is 53.3 cm³/mol. The normalized spacial score (nSPS) is 7.93. The summed E-state index contributed by atoms with van der Waals surface area (Å²) in [6.45, 7) is 0. The van der Waals surface area contributed by atoms with Crippen LogP contribution in [0.4, 0.5) is 0 Å². The van der Waals surface area contributed by atoms with Gasteiger partial charge in [-0.15, -0.1) is 0 Å². The van der Waals surface area contributed by atoms with E-state index in [1.165, 1.54) is 0 Å². The topological polar surface area (TPSA) is 47.6 Å². The maximum absolute atomic E-state index is 8.63. The predicted octanol–water partition coefficient (Wildman–Crippen LogP) is 2.48. The third-order valence-corrected chi connectivity index (χ3v) is 1.82. The molecule has 1 aromatic rings. The molecular formula is C11H5ClN2. The lowest BCUT2D eigenvalue weighted by Gasteiger charge is -1.94. The molecular weight excluding hydrogens is 196 g/mol. The maximum atomic E-state index is 8.63. The SMILES string of the molecule is N#CCC#Cc1cc(C#N)ccc1Cl. The highest BCUT2D eigenvalue weighted by Gasteiger charge is 1.97. The highest BCUT2D eigenvalue weighted by Crippen LogP contribution is 2.15. The number of hydrogen-bond donors (Lipinski definition) is 0. The van der Waals surface area contributed by atoms with Crippen molar-refractivity contribution in [2.24, 2.45) is 0 Å². The van der Waals surface area contributed by atoms with E-state index in [1.807, 2.05) is 12.1 Å². The molecule has 0 fully saturated rings. The van der Waals surface area contributed by atoms with Gasteiger partial charge < -0.3 is 0 Å². The van der Waals surface area contributed by atoms with Crippen LogP contribution in [0, 0.1) is 34.5 Å². The molecule has 1 aromatic carbocycles. The van der Waals surface area contributed by atoms with Crippen molar-refractivity contribution in [3.05, 3.63) is 34.3 Å². The monoisotopic (exact) mass is 200 g/mol. The van der Waals surface area contributed by atoms with E-state index in [-0.39, 0.29) is 6.42 Å². The second-order valence-electron chi connectivity index (χ2n) is 2.44. The molecule has 0 N–H and O–H groups in total. The Bertz CT molecular complexity index is 481. The smallest absolute Gasteiger partial charge is 0.0992 e. The van der Waals surface area contributed by atoms with Crippen molar-refractivity contribution in [3.8, 4) is 24.0 Å². The summed E-state index contributed by atoms with van der Waals surface area (Å²) >= 11 is 5.84. The van der Waals surface area contributed by atoms with E-state index in [9.17, 15) is 0 Å². The molecule has 0 amide bonds. The minimum atomic E-state index is 0.160. The van der Waals surface area contributed by atoms with Crippen LogP contribution in [0.5, 0.6) is 0 Å². The van der Waals surface area contributed by atoms with Crippen LogP contribution >= 0.6 is 11.6 Å². The first-order valence-corrected chi connectivity index (χ1v) is 4.21. The van der Waals surface area contributed by atoms with E-state index in [0.717, 1.165) is 0 Å². The number of nitrogens with zero attached hydrogens (tertiary/aromatic N) is 2. The molecule has 0 aliphatic heterocycles. The first-order valence-electron chi connectivity index (χ1n) is 3.83. The van der Waals surface area contributed by atoms with Crippen LogP contribution < -0.4 is 0 Å². The van der Waals surface area contributed by atoms with Crippen molar-refractivity contribution >= 4 is 11.6 Å². The van der Waals surface area contributed by atoms with Crippen molar-refractivity contribution < 1.29 is 0 Å². The molecule has 0 aliphatic rings. The van der Waals surface area contributed by atoms with E-state index in [2.05, 4.69) is 11.8 Å². The zero-order valence-corrected chi connectivity index (χ0v) is 7.97. The fraction of sp³-hybridized carbons (Fsp3) is 0.0909. The molecule has 0 unspecified atom stereocenters. The Labute approximate surface area is 87.3 Å². The Hall–Kier alpha value is -1.95. The fourth-order valence-corrected chi connectivity index (χ4v) is 1.03. The van der Waals surface area contributed by atoms with E-state index < -0.39 is 0 Å². The van der Waals surface area contributed by atoms with E-state index in [0.29, 0.717) is 16.1 Å². The Balaban J connectivity index is 3.05. The summed E-state index contributed by atoms with van der Waals surface area (Å²) in [5, 5.41) is 17.4. The molecule has 2 nitrogen and oxygen atoms in total. The molecule has 0 radical (unpaired) electrons. The molecule has 66 valence electrons. The fourth-order valence-electron chi connectivity index (χ4n) is 0.870. The Morgan fingerprint density at radius 3 is 2.71 bits per heavy atom. The minimum absolute atomic E-state index is 0.160. The summed E-state index contributed by atoms with van der Waals surface area (Å²) in [6.07, 6.45) is 0.160. The highest BCUT2D eigenvalue weighted by atomic mass is 35.5. The van der Waals surface area contributed by atoms with Gasteiger partial charge in [-0.1, -0.05) is 23.4 Å². The largest absolute Gasteiger partial charge is 0.197 e. The van der Waals surface area contributed by atoms with Crippen molar-refractivity contribution in [2.45, 2.75) is 6.42 Å². The van der Waals surface area contributed by atoms with Crippen molar-refractivity contribution in [1.82, 2.24) is 0 Å². The zero-order chi connectivity index (χ0) is 10.4. The number of nitriles is 2. The molecule has 0 saturated carbocycles. The van der Waals surface area contributed by atoms with Gasteiger partial charge in [-0.05, 0) is 18.2 Å². The van der Waals surface area contributed by atoms with Crippen molar-refractivity contribution in [2.75, 3.05) is 0 Å². The van der Waals surface area contributed by atoms with Gasteiger partial charge in [0.2, 0.25) is 0 Å². The Morgan fingerprint density at radius 2 is 2.07 bits per heavy atom. The first-order chi connectivity index (χ1) is 6.77. The summed E-state index contributed by atoms with van der Waals surface area (Å²) in [4.78, 5) is 0. The van der Waals surface area contributed by atoms with Crippen LogP contribution in [0.3, 0.4) is 0 Å².